The Hall–Kier alpha value is -0.940. The Morgan fingerprint density at radius 1 is 1.62 bits per heavy atom. The van der Waals surface area contributed by atoms with Crippen LogP contribution in [0.25, 0.3) is 0 Å². The number of thiazole rings is 1. The van der Waals surface area contributed by atoms with Crippen molar-refractivity contribution in [1.29, 1.82) is 0 Å². The summed E-state index contributed by atoms with van der Waals surface area (Å²) in [6, 6.07) is 0.312. The van der Waals surface area contributed by atoms with E-state index in [9.17, 15) is 4.79 Å². The van der Waals surface area contributed by atoms with Crippen LogP contribution >= 0.6 is 11.3 Å². The van der Waals surface area contributed by atoms with Gasteiger partial charge in [0.05, 0.1) is 17.2 Å². The summed E-state index contributed by atoms with van der Waals surface area (Å²) >= 11 is 1.75. The molecule has 88 valence electrons. The highest BCUT2D eigenvalue weighted by Crippen LogP contribution is 2.33. The number of amides is 1. The first-order chi connectivity index (χ1) is 7.70. The number of nitrogens with one attached hydrogen (secondary N) is 2. The van der Waals surface area contributed by atoms with Crippen molar-refractivity contribution in [2.75, 3.05) is 13.6 Å². The van der Waals surface area contributed by atoms with Gasteiger partial charge in [0.25, 0.3) is 0 Å². The molecule has 0 fully saturated rings. The summed E-state index contributed by atoms with van der Waals surface area (Å²) in [5.41, 5.74) is 1.23. The number of carbonyl (C=O) groups excluding carboxylic acids is 1. The van der Waals surface area contributed by atoms with Gasteiger partial charge in [-0.1, -0.05) is 0 Å². The zero-order valence-electron chi connectivity index (χ0n) is 9.67. The van der Waals surface area contributed by atoms with Crippen molar-refractivity contribution >= 4 is 17.2 Å². The topological polar surface area (TPSA) is 54.0 Å². The summed E-state index contributed by atoms with van der Waals surface area (Å²) in [6.45, 7) is 2.43. The molecule has 0 aliphatic heterocycles. The maximum atomic E-state index is 11.2. The van der Waals surface area contributed by atoms with E-state index in [2.05, 4.69) is 15.6 Å². The van der Waals surface area contributed by atoms with Gasteiger partial charge in [0, 0.05) is 18.0 Å². The lowest BCUT2D eigenvalue weighted by atomic mass is 9.98. The summed E-state index contributed by atoms with van der Waals surface area (Å²) in [5, 5.41) is 7.04. The van der Waals surface area contributed by atoms with E-state index in [4.69, 9.17) is 0 Å². The highest BCUT2D eigenvalue weighted by atomic mass is 32.1. The third-order valence-electron chi connectivity index (χ3n) is 2.85. The third-order valence-corrected chi connectivity index (χ3v) is 3.97. The van der Waals surface area contributed by atoms with Crippen molar-refractivity contribution in [2.45, 2.75) is 32.2 Å². The van der Waals surface area contributed by atoms with Crippen LogP contribution in [0.5, 0.6) is 0 Å². The molecule has 0 spiro atoms. The van der Waals surface area contributed by atoms with Gasteiger partial charge < -0.3 is 10.6 Å². The van der Waals surface area contributed by atoms with E-state index in [0.717, 1.165) is 24.3 Å². The number of aryl methyl sites for hydroxylation is 2. The molecule has 1 amide bonds. The van der Waals surface area contributed by atoms with Crippen molar-refractivity contribution < 1.29 is 4.79 Å². The number of hydrogen-bond donors (Lipinski definition) is 2. The van der Waals surface area contributed by atoms with Gasteiger partial charge in [0.2, 0.25) is 5.91 Å². The van der Waals surface area contributed by atoms with Gasteiger partial charge in [-0.15, -0.1) is 11.3 Å². The highest BCUT2D eigenvalue weighted by molar-refractivity contribution is 7.11. The highest BCUT2D eigenvalue weighted by Gasteiger charge is 2.23. The first-order valence-corrected chi connectivity index (χ1v) is 6.42. The molecule has 1 aliphatic rings. The molecular formula is C11H17N3OS. The third kappa shape index (κ3) is 2.41. The van der Waals surface area contributed by atoms with Crippen LogP contribution < -0.4 is 10.6 Å². The SMILES string of the molecule is CNC(=O)CNC1CCCc2nc(C)sc21. The minimum absolute atomic E-state index is 0.0355. The summed E-state index contributed by atoms with van der Waals surface area (Å²) in [6.07, 6.45) is 3.34. The maximum absolute atomic E-state index is 11.2. The van der Waals surface area contributed by atoms with Crippen LogP contribution in [0.3, 0.4) is 0 Å². The molecule has 1 aliphatic carbocycles. The van der Waals surface area contributed by atoms with E-state index in [1.54, 1.807) is 18.4 Å². The van der Waals surface area contributed by atoms with Crippen LogP contribution in [0.1, 0.15) is 34.5 Å². The smallest absolute Gasteiger partial charge is 0.233 e. The second-order valence-electron chi connectivity index (χ2n) is 4.04. The van der Waals surface area contributed by atoms with E-state index in [1.807, 2.05) is 6.92 Å². The monoisotopic (exact) mass is 239 g/mol. The molecule has 1 atom stereocenters. The average molecular weight is 239 g/mol. The number of hydrogen-bond acceptors (Lipinski definition) is 4. The number of aromatic nitrogens is 1. The molecule has 0 saturated carbocycles. The van der Waals surface area contributed by atoms with Gasteiger partial charge in [0.1, 0.15) is 0 Å². The van der Waals surface area contributed by atoms with E-state index in [1.165, 1.54) is 10.6 Å². The van der Waals surface area contributed by atoms with Crippen molar-refractivity contribution in [3.05, 3.63) is 15.6 Å². The molecule has 1 aromatic heterocycles. The molecule has 1 aromatic rings. The van der Waals surface area contributed by atoms with Gasteiger partial charge in [0.15, 0.2) is 0 Å². The number of fused-ring (bicyclic) bond motifs is 1. The Labute approximate surface area is 99.5 Å². The Morgan fingerprint density at radius 2 is 2.44 bits per heavy atom. The van der Waals surface area contributed by atoms with Gasteiger partial charge >= 0.3 is 0 Å². The molecule has 0 saturated heterocycles. The van der Waals surface area contributed by atoms with Crippen LogP contribution in [0.15, 0.2) is 0 Å². The fraction of sp³-hybridized carbons (Fsp3) is 0.636. The molecule has 1 heterocycles. The standard InChI is InChI=1S/C11H17N3OS/c1-7-14-9-5-3-4-8(11(9)16-7)13-6-10(15)12-2/h8,13H,3-6H2,1-2H3,(H,12,15). The first-order valence-electron chi connectivity index (χ1n) is 5.61. The number of rotatable bonds is 3. The quantitative estimate of drug-likeness (QED) is 0.832. The van der Waals surface area contributed by atoms with E-state index in [-0.39, 0.29) is 5.91 Å². The fourth-order valence-corrected chi connectivity index (χ4v) is 3.12. The van der Waals surface area contributed by atoms with Crippen molar-refractivity contribution in [3.63, 3.8) is 0 Å². The zero-order chi connectivity index (χ0) is 11.5. The van der Waals surface area contributed by atoms with Gasteiger partial charge in [-0.25, -0.2) is 4.98 Å². The molecule has 16 heavy (non-hydrogen) atoms. The molecule has 4 nitrogen and oxygen atoms in total. The largest absolute Gasteiger partial charge is 0.358 e. The Balaban J connectivity index is 2.04. The Bertz CT molecular complexity index is 389. The summed E-state index contributed by atoms with van der Waals surface area (Å²) < 4.78 is 0. The van der Waals surface area contributed by atoms with Gasteiger partial charge in [-0.05, 0) is 26.2 Å². The van der Waals surface area contributed by atoms with Gasteiger partial charge in [-0.2, -0.15) is 0 Å². The molecule has 1 unspecified atom stereocenters. The van der Waals surface area contributed by atoms with E-state index >= 15 is 0 Å². The minimum Gasteiger partial charge on any atom is -0.358 e. The lowest BCUT2D eigenvalue weighted by Crippen LogP contribution is -2.34. The molecule has 2 N–H and O–H groups in total. The minimum atomic E-state index is 0.0355. The lowest BCUT2D eigenvalue weighted by molar-refractivity contribution is -0.119. The molecular weight excluding hydrogens is 222 g/mol. The number of nitrogens with zero attached hydrogens (tertiary/aromatic N) is 1. The van der Waals surface area contributed by atoms with Crippen LogP contribution in [0.4, 0.5) is 0 Å². The summed E-state index contributed by atoms with van der Waals surface area (Å²) in [5.74, 6) is 0.0355. The lowest BCUT2D eigenvalue weighted by Gasteiger charge is -2.22. The van der Waals surface area contributed by atoms with E-state index < -0.39 is 0 Å². The maximum Gasteiger partial charge on any atom is 0.233 e. The second kappa shape index (κ2) is 4.93. The number of likely N-dealkylation sites (N-methyl/N-ethyl adjacent to an activating group) is 1. The first kappa shape index (κ1) is 11.5. The molecule has 5 heteroatoms. The zero-order valence-corrected chi connectivity index (χ0v) is 10.5. The summed E-state index contributed by atoms with van der Waals surface area (Å²) in [4.78, 5) is 17.0. The predicted octanol–water partition coefficient (Wildman–Crippen LogP) is 1.16. The Kier molecular flexibility index (Phi) is 3.56. The fourth-order valence-electron chi connectivity index (χ4n) is 2.04. The molecule has 2 rings (SSSR count). The molecule has 0 aromatic carbocycles. The molecule has 0 radical (unpaired) electrons. The normalized spacial score (nSPS) is 19.2. The van der Waals surface area contributed by atoms with Crippen LogP contribution in [0, 0.1) is 6.92 Å². The second-order valence-corrected chi connectivity index (χ2v) is 5.28. The van der Waals surface area contributed by atoms with Gasteiger partial charge in [-0.3, -0.25) is 4.79 Å². The van der Waals surface area contributed by atoms with Crippen molar-refractivity contribution in [3.8, 4) is 0 Å². The van der Waals surface area contributed by atoms with Crippen molar-refractivity contribution in [2.24, 2.45) is 0 Å². The number of carbonyl (C=O) groups is 1. The van der Waals surface area contributed by atoms with Crippen LogP contribution in [-0.2, 0) is 11.2 Å². The Morgan fingerprint density at radius 3 is 3.19 bits per heavy atom. The van der Waals surface area contributed by atoms with Crippen molar-refractivity contribution in [1.82, 2.24) is 15.6 Å². The van der Waals surface area contributed by atoms with Crippen LogP contribution in [0.2, 0.25) is 0 Å². The molecule has 0 bridgehead atoms. The van der Waals surface area contributed by atoms with E-state index in [0.29, 0.717) is 12.6 Å². The predicted molar refractivity (Wildman–Crippen MR) is 64.6 cm³/mol. The average Bonchev–Trinajstić information content (AvgIpc) is 2.66. The summed E-state index contributed by atoms with van der Waals surface area (Å²) in [7, 11) is 1.66. The van der Waals surface area contributed by atoms with Crippen LogP contribution in [-0.4, -0.2) is 24.5 Å².